The minimum Gasteiger partial charge on any atom is -0.368 e. The molecule has 1 saturated carbocycles. The summed E-state index contributed by atoms with van der Waals surface area (Å²) in [5, 5.41) is 0. The molecule has 1 fully saturated rings. The molecule has 1 aliphatic rings. The van der Waals surface area contributed by atoms with Crippen molar-refractivity contribution in [3.05, 3.63) is 29.3 Å². The van der Waals surface area contributed by atoms with E-state index in [0.717, 1.165) is 6.54 Å². The molecule has 1 aromatic carbocycles. The van der Waals surface area contributed by atoms with Crippen LogP contribution in [0.1, 0.15) is 50.7 Å². The van der Waals surface area contributed by atoms with Gasteiger partial charge < -0.3 is 10.6 Å². The van der Waals surface area contributed by atoms with Gasteiger partial charge in [-0.25, -0.2) is 0 Å². The number of nitrogens with zero attached hydrogens (tertiary/aromatic N) is 1. The van der Waals surface area contributed by atoms with Gasteiger partial charge in [-0.3, -0.25) is 0 Å². The van der Waals surface area contributed by atoms with E-state index in [1.54, 1.807) is 0 Å². The molecular formula is C17H28N2. The van der Waals surface area contributed by atoms with Crippen LogP contribution >= 0.6 is 0 Å². The van der Waals surface area contributed by atoms with E-state index in [1.807, 2.05) is 0 Å². The molecule has 2 heteroatoms. The van der Waals surface area contributed by atoms with Crippen molar-refractivity contribution in [2.75, 3.05) is 11.4 Å². The third-order valence-electron chi connectivity index (χ3n) is 4.16. The molecule has 2 rings (SSSR count). The fourth-order valence-corrected chi connectivity index (χ4v) is 3.33. The minimum absolute atomic E-state index is 0.637. The van der Waals surface area contributed by atoms with Crippen LogP contribution in [0.15, 0.2) is 18.2 Å². The van der Waals surface area contributed by atoms with Crippen molar-refractivity contribution in [3.8, 4) is 0 Å². The molecule has 0 unspecified atom stereocenters. The lowest BCUT2D eigenvalue weighted by Gasteiger charge is -2.35. The van der Waals surface area contributed by atoms with Gasteiger partial charge in [0.25, 0.3) is 0 Å². The van der Waals surface area contributed by atoms with Gasteiger partial charge in [-0.15, -0.1) is 0 Å². The highest BCUT2D eigenvalue weighted by atomic mass is 15.2. The molecule has 0 saturated heterocycles. The molecule has 2 N–H and O–H groups in total. The second kappa shape index (κ2) is 6.42. The maximum absolute atomic E-state index is 5.96. The van der Waals surface area contributed by atoms with E-state index in [-0.39, 0.29) is 0 Å². The van der Waals surface area contributed by atoms with Crippen LogP contribution in [-0.2, 0) is 6.54 Å². The Bertz CT molecular complexity index is 406. The number of hydrogen-bond donors (Lipinski definition) is 1. The smallest absolute Gasteiger partial charge is 0.0444 e. The van der Waals surface area contributed by atoms with Crippen molar-refractivity contribution < 1.29 is 0 Å². The Morgan fingerprint density at radius 1 is 1.26 bits per heavy atom. The molecule has 0 atom stereocenters. The van der Waals surface area contributed by atoms with Crippen molar-refractivity contribution in [1.29, 1.82) is 0 Å². The average Bonchev–Trinajstić information content (AvgIpc) is 2.89. The quantitative estimate of drug-likeness (QED) is 0.871. The highest BCUT2D eigenvalue weighted by molar-refractivity contribution is 5.60. The summed E-state index contributed by atoms with van der Waals surface area (Å²) in [6.45, 7) is 8.61. The summed E-state index contributed by atoms with van der Waals surface area (Å²) in [6.07, 6.45) is 5.43. The number of aryl methyl sites for hydroxylation is 1. The van der Waals surface area contributed by atoms with Crippen molar-refractivity contribution in [2.45, 2.75) is 59.0 Å². The highest BCUT2D eigenvalue weighted by Gasteiger charge is 2.25. The molecular weight excluding hydrogens is 232 g/mol. The Kier molecular flexibility index (Phi) is 4.87. The van der Waals surface area contributed by atoms with Crippen molar-refractivity contribution in [3.63, 3.8) is 0 Å². The predicted octanol–water partition coefficient (Wildman–Crippen LogP) is 3.86. The standard InChI is InChI=1S/C17H28N2/c1-13(2)12-19(16-9-4-5-10-16)17-14(3)7-6-8-15(17)11-18/h6-8,13,16H,4-5,9-12,18H2,1-3H3. The zero-order valence-electron chi connectivity index (χ0n) is 12.7. The van der Waals surface area contributed by atoms with Crippen LogP contribution in [0, 0.1) is 12.8 Å². The van der Waals surface area contributed by atoms with E-state index in [2.05, 4.69) is 43.9 Å². The molecule has 0 aliphatic heterocycles. The number of nitrogens with two attached hydrogens (primary N) is 1. The summed E-state index contributed by atoms with van der Waals surface area (Å²) < 4.78 is 0. The molecule has 0 aromatic heterocycles. The number of hydrogen-bond acceptors (Lipinski definition) is 2. The second-order valence-corrected chi connectivity index (χ2v) is 6.27. The van der Waals surface area contributed by atoms with Gasteiger partial charge in [0.15, 0.2) is 0 Å². The van der Waals surface area contributed by atoms with Crippen LogP contribution < -0.4 is 10.6 Å². The van der Waals surface area contributed by atoms with Gasteiger partial charge >= 0.3 is 0 Å². The fourth-order valence-electron chi connectivity index (χ4n) is 3.33. The minimum atomic E-state index is 0.637. The Labute approximate surface area is 118 Å². The van der Waals surface area contributed by atoms with E-state index in [9.17, 15) is 0 Å². The van der Waals surface area contributed by atoms with E-state index < -0.39 is 0 Å². The van der Waals surface area contributed by atoms with Crippen LogP contribution in [0.5, 0.6) is 0 Å². The third-order valence-corrected chi connectivity index (χ3v) is 4.16. The summed E-state index contributed by atoms with van der Waals surface area (Å²) >= 11 is 0. The average molecular weight is 260 g/mol. The summed E-state index contributed by atoms with van der Waals surface area (Å²) in [6, 6.07) is 7.25. The highest BCUT2D eigenvalue weighted by Crippen LogP contribution is 2.33. The molecule has 0 bridgehead atoms. The molecule has 0 heterocycles. The monoisotopic (exact) mass is 260 g/mol. The summed E-state index contributed by atoms with van der Waals surface area (Å²) in [4.78, 5) is 2.65. The molecule has 0 amide bonds. The molecule has 0 spiro atoms. The second-order valence-electron chi connectivity index (χ2n) is 6.27. The number of rotatable bonds is 5. The Morgan fingerprint density at radius 3 is 2.53 bits per heavy atom. The molecule has 0 radical (unpaired) electrons. The first-order chi connectivity index (χ1) is 9.13. The number of para-hydroxylation sites is 1. The van der Waals surface area contributed by atoms with Crippen molar-refractivity contribution in [1.82, 2.24) is 0 Å². The van der Waals surface area contributed by atoms with E-state index in [0.29, 0.717) is 18.5 Å². The summed E-state index contributed by atoms with van der Waals surface area (Å²) in [5.74, 6) is 0.686. The fraction of sp³-hybridized carbons (Fsp3) is 0.647. The zero-order chi connectivity index (χ0) is 13.8. The van der Waals surface area contributed by atoms with E-state index in [1.165, 1.54) is 42.5 Å². The Balaban J connectivity index is 2.36. The third kappa shape index (κ3) is 3.30. The lowest BCUT2D eigenvalue weighted by Crippen LogP contribution is -2.37. The van der Waals surface area contributed by atoms with E-state index in [4.69, 9.17) is 5.73 Å². The Morgan fingerprint density at radius 2 is 1.95 bits per heavy atom. The van der Waals surface area contributed by atoms with E-state index >= 15 is 0 Å². The normalized spacial score (nSPS) is 16.3. The summed E-state index contributed by atoms with van der Waals surface area (Å²) in [5.41, 5.74) is 10.0. The van der Waals surface area contributed by atoms with Gasteiger partial charge in [-0.1, -0.05) is 44.9 Å². The van der Waals surface area contributed by atoms with Gasteiger partial charge in [0.2, 0.25) is 0 Å². The van der Waals surface area contributed by atoms with Crippen LogP contribution in [-0.4, -0.2) is 12.6 Å². The predicted molar refractivity (Wildman–Crippen MR) is 83.5 cm³/mol. The van der Waals surface area contributed by atoms with Crippen LogP contribution in [0.25, 0.3) is 0 Å². The Hall–Kier alpha value is -1.02. The lowest BCUT2D eigenvalue weighted by atomic mass is 10.0. The number of benzene rings is 1. The first-order valence-corrected chi connectivity index (χ1v) is 7.68. The number of anilines is 1. The molecule has 2 nitrogen and oxygen atoms in total. The van der Waals surface area contributed by atoms with Crippen LogP contribution in [0.3, 0.4) is 0 Å². The summed E-state index contributed by atoms with van der Waals surface area (Å²) in [7, 11) is 0. The van der Waals surface area contributed by atoms with Gasteiger partial charge in [-0.2, -0.15) is 0 Å². The zero-order valence-corrected chi connectivity index (χ0v) is 12.7. The van der Waals surface area contributed by atoms with Gasteiger partial charge in [-0.05, 0) is 36.8 Å². The molecule has 1 aromatic rings. The topological polar surface area (TPSA) is 29.3 Å². The van der Waals surface area contributed by atoms with Crippen LogP contribution in [0.4, 0.5) is 5.69 Å². The maximum Gasteiger partial charge on any atom is 0.0444 e. The molecule has 19 heavy (non-hydrogen) atoms. The van der Waals surface area contributed by atoms with Crippen molar-refractivity contribution >= 4 is 5.69 Å². The SMILES string of the molecule is Cc1cccc(CN)c1N(CC(C)C)C1CCCC1. The first-order valence-electron chi connectivity index (χ1n) is 7.68. The van der Waals surface area contributed by atoms with Gasteiger partial charge in [0, 0.05) is 24.8 Å². The molecule has 1 aliphatic carbocycles. The first kappa shape index (κ1) is 14.4. The molecule has 106 valence electrons. The van der Waals surface area contributed by atoms with Gasteiger partial charge in [0.1, 0.15) is 0 Å². The maximum atomic E-state index is 5.96. The van der Waals surface area contributed by atoms with Crippen LogP contribution in [0.2, 0.25) is 0 Å². The largest absolute Gasteiger partial charge is 0.368 e. The van der Waals surface area contributed by atoms with Crippen molar-refractivity contribution in [2.24, 2.45) is 11.7 Å². The van der Waals surface area contributed by atoms with Gasteiger partial charge in [0.05, 0.1) is 0 Å². The lowest BCUT2D eigenvalue weighted by molar-refractivity contribution is 0.533.